The van der Waals surface area contributed by atoms with E-state index in [2.05, 4.69) is 6.92 Å². The zero-order valence-corrected chi connectivity index (χ0v) is 11.7. The Morgan fingerprint density at radius 2 is 1.19 bits per heavy atom. The van der Waals surface area contributed by atoms with Crippen LogP contribution < -0.4 is 0 Å². The lowest BCUT2D eigenvalue weighted by Gasteiger charge is -2.03. The third-order valence-corrected chi connectivity index (χ3v) is 3.08. The first-order valence-electron chi connectivity index (χ1n) is 7.05. The van der Waals surface area contributed by atoms with Crippen LogP contribution >= 0.6 is 11.6 Å². The number of hydrogen-bond acceptors (Lipinski definition) is 1. The molecule has 0 aromatic carbocycles. The molecule has 0 aromatic rings. The second-order valence-electron chi connectivity index (χ2n) is 4.48. The highest BCUT2D eigenvalue weighted by molar-refractivity contribution is 6.17. The summed E-state index contributed by atoms with van der Waals surface area (Å²) >= 11 is 5.55. The van der Waals surface area contributed by atoms with Gasteiger partial charge in [-0.1, -0.05) is 58.3 Å². The molecule has 0 aliphatic carbocycles. The maximum Gasteiger partial charge on any atom is 0.0477 e. The van der Waals surface area contributed by atoms with Crippen LogP contribution in [-0.2, 0) is 4.74 Å². The number of ether oxygens (including phenoxy) is 1. The van der Waals surface area contributed by atoms with Gasteiger partial charge in [-0.3, -0.25) is 0 Å². The molecule has 16 heavy (non-hydrogen) atoms. The second-order valence-corrected chi connectivity index (χ2v) is 4.86. The third-order valence-electron chi connectivity index (χ3n) is 2.81. The Morgan fingerprint density at radius 1 is 0.688 bits per heavy atom. The van der Waals surface area contributed by atoms with Crippen LogP contribution in [0.1, 0.15) is 71.1 Å². The van der Waals surface area contributed by atoms with E-state index in [0.717, 1.165) is 25.5 Å². The zero-order chi connectivity index (χ0) is 11.9. The van der Waals surface area contributed by atoms with Gasteiger partial charge in [0.05, 0.1) is 0 Å². The number of unbranched alkanes of at least 4 members (excludes halogenated alkanes) is 8. The number of rotatable bonds is 13. The predicted molar refractivity (Wildman–Crippen MR) is 73.4 cm³/mol. The molecular formula is C14H29ClO. The summed E-state index contributed by atoms with van der Waals surface area (Å²) in [5.41, 5.74) is 0. The van der Waals surface area contributed by atoms with Crippen LogP contribution in [0.3, 0.4) is 0 Å². The molecular weight excluding hydrogens is 220 g/mol. The van der Waals surface area contributed by atoms with Gasteiger partial charge in [-0.05, 0) is 12.8 Å². The van der Waals surface area contributed by atoms with Crippen molar-refractivity contribution in [2.75, 3.05) is 19.1 Å². The van der Waals surface area contributed by atoms with E-state index in [-0.39, 0.29) is 0 Å². The molecule has 0 aliphatic rings. The summed E-state index contributed by atoms with van der Waals surface area (Å²) in [5.74, 6) is 0.720. The molecule has 0 rings (SSSR count). The first kappa shape index (κ1) is 16.2. The van der Waals surface area contributed by atoms with Gasteiger partial charge in [0, 0.05) is 19.1 Å². The lowest BCUT2D eigenvalue weighted by molar-refractivity contribution is 0.131. The van der Waals surface area contributed by atoms with Gasteiger partial charge in [0.2, 0.25) is 0 Å². The van der Waals surface area contributed by atoms with Crippen molar-refractivity contribution in [3.05, 3.63) is 0 Å². The molecule has 98 valence electrons. The Labute approximate surface area is 107 Å². The SMILES string of the molecule is CCCCCCCCCCCOCCCCl. The fraction of sp³-hybridized carbons (Fsp3) is 1.00. The van der Waals surface area contributed by atoms with E-state index < -0.39 is 0 Å². The maximum atomic E-state index is 5.55. The Bertz CT molecular complexity index is 103. The predicted octanol–water partition coefficient (Wildman–Crippen LogP) is 5.16. The summed E-state index contributed by atoms with van der Waals surface area (Å²) < 4.78 is 5.45. The van der Waals surface area contributed by atoms with Crippen molar-refractivity contribution >= 4 is 11.6 Å². The monoisotopic (exact) mass is 248 g/mol. The molecule has 0 atom stereocenters. The third kappa shape index (κ3) is 14.2. The van der Waals surface area contributed by atoms with Crippen LogP contribution in [0.15, 0.2) is 0 Å². The topological polar surface area (TPSA) is 9.23 Å². The Kier molecular flexibility index (Phi) is 15.5. The largest absolute Gasteiger partial charge is 0.381 e. The average Bonchev–Trinajstić information content (AvgIpc) is 2.31. The Morgan fingerprint density at radius 3 is 1.75 bits per heavy atom. The smallest absolute Gasteiger partial charge is 0.0477 e. The summed E-state index contributed by atoms with van der Waals surface area (Å²) in [6, 6.07) is 0. The van der Waals surface area contributed by atoms with Gasteiger partial charge in [-0.2, -0.15) is 0 Å². The van der Waals surface area contributed by atoms with Crippen molar-refractivity contribution in [1.82, 2.24) is 0 Å². The molecule has 0 aromatic heterocycles. The molecule has 1 nitrogen and oxygen atoms in total. The van der Waals surface area contributed by atoms with Crippen LogP contribution in [-0.4, -0.2) is 19.1 Å². The molecule has 0 amide bonds. The van der Waals surface area contributed by atoms with Crippen LogP contribution in [0.5, 0.6) is 0 Å². The fourth-order valence-electron chi connectivity index (χ4n) is 1.77. The van der Waals surface area contributed by atoms with Crippen LogP contribution in [0.2, 0.25) is 0 Å². The normalized spacial score (nSPS) is 10.9. The average molecular weight is 249 g/mol. The molecule has 0 radical (unpaired) electrons. The molecule has 0 heterocycles. The van der Waals surface area contributed by atoms with E-state index in [1.54, 1.807) is 0 Å². The van der Waals surface area contributed by atoms with Gasteiger partial charge in [0.25, 0.3) is 0 Å². The number of hydrogen-bond donors (Lipinski definition) is 0. The summed E-state index contributed by atoms with van der Waals surface area (Å²) in [4.78, 5) is 0. The van der Waals surface area contributed by atoms with Crippen LogP contribution in [0.25, 0.3) is 0 Å². The Balaban J connectivity index is 2.83. The van der Waals surface area contributed by atoms with Crippen LogP contribution in [0, 0.1) is 0 Å². The minimum Gasteiger partial charge on any atom is -0.381 e. The van der Waals surface area contributed by atoms with E-state index in [9.17, 15) is 0 Å². The summed E-state index contributed by atoms with van der Waals surface area (Å²) in [5, 5.41) is 0. The van der Waals surface area contributed by atoms with Gasteiger partial charge < -0.3 is 4.74 Å². The van der Waals surface area contributed by atoms with Crippen LogP contribution in [0.4, 0.5) is 0 Å². The summed E-state index contributed by atoms with van der Waals surface area (Å²) in [6.45, 7) is 4.03. The lowest BCUT2D eigenvalue weighted by Crippen LogP contribution is -1.97. The molecule has 0 saturated heterocycles. The lowest BCUT2D eigenvalue weighted by atomic mass is 10.1. The van der Waals surface area contributed by atoms with E-state index in [0.29, 0.717) is 0 Å². The molecule has 0 N–H and O–H groups in total. The molecule has 0 saturated carbocycles. The highest BCUT2D eigenvalue weighted by Crippen LogP contribution is 2.09. The van der Waals surface area contributed by atoms with Gasteiger partial charge in [-0.25, -0.2) is 0 Å². The van der Waals surface area contributed by atoms with Gasteiger partial charge in [0.1, 0.15) is 0 Å². The molecule has 0 fully saturated rings. The first-order valence-corrected chi connectivity index (χ1v) is 7.59. The van der Waals surface area contributed by atoms with Gasteiger partial charge >= 0.3 is 0 Å². The van der Waals surface area contributed by atoms with Crippen molar-refractivity contribution in [3.8, 4) is 0 Å². The van der Waals surface area contributed by atoms with Crippen molar-refractivity contribution in [2.45, 2.75) is 71.1 Å². The van der Waals surface area contributed by atoms with Crippen molar-refractivity contribution < 1.29 is 4.74 Å². The first-order chi connectivity index (χ1) is 7.91. The van der Waals surface area contributed by atoms with Gasteiger partial charge in [-0.15, -0.1) is 11.6 Å². The van der Waals surface area contributed by atoms with E-state index in [1.165, 1.54) is 57.8 Å². The minimum atomic E-state index is 0.720. The highest BCUT2D eigenvalue weighted by atomic mass is 35.5. The molecule has 0 unspecified atom stereocenters. The summed E-state index contributed by atoms with van der Waals surface area (Å²) in [7, 11) is 0. The van der Waals surface area contributed by atoms with E-state index in [4.69, 9.17) is 16.3 Å². The van der Waals surface area contributed by atoms with Crippen molar-refractivity contribution in [3.63, 3.8) is 0 Å². The highest BCUT2D eigenvalue weighted by Gasteiger charge is 1.92. The van der Waals surface area contributed by atoms with Gasteiger partial charge in [0.15, 0.2) is 0 Å². The number of halogens is 1. The second kappa shape index (κ2) is 15.2. The van der Waals surface area contributed by atoms with E-state index in [1.807, 2.05) is 0 Å². The molecule has 0 aliphatic heterocycles. The molecule has 0 spiro atoms. The molecule has 0 bridgehead atoms. The van der Waals surface area contributed by atoms with E-state index >= 15 is 0 Å². The Hall–Kier alpha value is 0.250. The van der Waals surface area contributed by atoms with Crippen molar-refractivity contribution in [1.29, 1.82) is 0 Å². The summed E-state index contributed by atoms with van der Waals surface area (Å²) in [6.07, 6.45) is 13.4. The molecule has 2 heteroatoms. The fourth-order valence-corrected chi connectivity index (χ4v) is 1.88. The maximum absolute atomic E-state index is 5.55. The zero-order valence-electron chi connectivity index (χ0n) is 11.0. The standard InChI is InChI=1S/C14H29ClO/c1-2-3-4-5-6-7-8-9-10-13-16-14-11-12-15/h2-14H2,1H3. The number of alkyl halides is 1. The minimum absolute atomic E-state index is 0.720. The van der Waals surface area contributed by atoms with Crippen molar-refractivity contribution in [2.24, 2.45) is 0 Å². The quantitative estimate of drug-likeness (QED) is 0.323.